The summed E-state index contributed by atoms with van der Waals surface area (Å²) in [6.45, 7) is 13.8. The zero-order valence-corrected chi connectivity index (χ0v) is 61.7. The van der Waals surface area contributed by atoms with Gasteiger partial charge in [-0.1, -0.05) is 351 Å². The van der Waals surface area contributed by atoms with Gasteiger partial charge in [0, 0.05) is 50.5 Å². The van der Waals surface area contributed by atoms with E-state index in [1.807, 2.05) is 0 Å². The molecule has 0 saturated carbocycles. The Bertz CT molecular complexity index is 5580. The largest absolute Gasteiger partial charge is 0.311 e. The van der Waals surface area contributed by atoms with Crippen LogP contribution in [0.2, 0.25) is 0 Å². The maximum Gasteiger partial charge on any atom is 0.252 e. The van der Waals surface area contributed by atoms with Gasteiger partial charge in [-0.2, -0.15) is 0 Å². The van der Waals surface area contributed by atoms with Crippen molar-refractivity contribution in [3.8, 4) is 27.9 Å². The molecule has 3 heterocycles. The summed E-state index contributed by atoms with van der Waals surface area (Å²) in [5, 5.41) is 13.2. The molecular formula is C98H80BN3Si2. The molecular weight excluding hydrogens is 1290 g/mol. The van der Waals surface area contributed by atoms with Crippen LogP contribution < -0.4 is 67.7 Å². The Morgan fingerprint density at radius 1 is 0.260 bits per heavy atom. The molecule has 16 aromatic rings. The van der Waals surface area contributed by atoms with E-state index in [1.165, 1.54) is 113 Å². The molecule has 0 atom stereocenters. The number of hydrogen-bond donors (Lipinski definition) is 0. The van der Waals surface area contributed by atoms with Crippen molar-refractivity contribution in [3.05, 3.63) is 387 Å². The molecule has 0 spiro atoms. The molecule has 0 amide bonds. The highest BCUT2D eigenvalue weighted by Crippen LogP contribution is 2.49. The first-order chi connectivity index (χ1) is 50.9. The Hall–Kier alpha value is -11.8. The topological polar surface area (TPSA) is 11.4 Å². The Morgan fingerprint density at radius 3 is 1.07 bits per heavy atom. The van der Waals surface area contributed by atoms with Crippen LogP contribution in [0.3, 0.4) is 0 Å². The first-order valence-corrected chi connectivity index (χ1v) is 40.7. The zero-order chi connectivity index (χ0) is 70.3. The molecule has 1 aromatic heterocycles. The predicted molar refractivity (Wildman–Crippen MR) is 450 cm³/mol. The highest BCUT2D eigenvalue weighted by Gasteiger charge is 2.49. The van der Waals surface area contributed by atoms with Gasteiger partial charge in [0.2, 0.25) is 0 Å². The Morgan fingerprint density at radius 2 is 0.625 bits per heavy atom. The molecule has 15 aromatic carbocycles. The quantitative estimate of drug-likeness (QED) is 0.0842. The van der Waals surface area contributed by atoms with Gasteiger partial charge in [0.15, 0.2) is 16.1 Å². The Labute approximate surface area is 614 Å². The Kier molecular flexibility index (Phi) is 15.8. The lowest BCUT2D eigenvalue weighted by Gasteiger charge is -2.46. The van der Waals surface area contributed by atoms with Gasteiger partial charge in [-0.15, -0.1) is 0 Å². The van der Waals surface area contributed by atoms with E-state index < -0.39 is 16.1 Å². The van der Waals surface area contributed by atoms with Crippen LogP contribution in [0.5, 0.6) is 0 Å². The van der Waals surface area contributed by atoms with Crippen LogP contribution in [0, 0.1) is 0 Å². The van der Waals surface area contributed by atoms with Crippen LogP contribution in [0.4, 0.5) is 34.1 Å². The van der Waals surface area contributed by atoms with Crippen molar-refractivity contribution in [3.63, 3.8) is 0 Å². The number of anilines is 6. The van der Waals surface area contributed by atoms with E-state index in [4.69, 9.17) is 0 Å². The second kappa shape index (κ2) is 25.6. The van der Waals surface area contributed by atoms with E-state index in [0.717, 1.165) is 39.7 Å². The molecule has 0 unspecified atom stereocenters. The van der Waals surface area contributed by atoms with Gasteiger partial charge in [0.05, 0.1) is 16.7 Å². The first kappa shape index (κ1) is 64.3. The van der Waals surface area contributed by atoms with Crippen LogP contribution >= 0.6 is 0 Å². The van der Waals surface area contributed by atoms with E-state index in [2.05, 4.69) is 432 Å². The predicted octanol–water partition coefficient (Wildman–Crippen LogP) is 17.6. The number of aromatic nitrogens is 1. The molecule has 6 heteroatoms. The van der Waals surface area contributed by atoms with Crippen molar-refractivity contribution in [2.24, 2.45) is 0 Å². The Balaban J connectivity index is 0.987. The minimum atomic E-state index is -3.13. The van der Waals surface area contributed by atoms with Gasteiger partial charge in [-0.3, -0.25) is 0 Å². The fraction of sp³-hybridized carbons (Fsp3) is 0.0816. The van der Waals surface area contributed by atoms with Crippen LogP contribution in [-0.2, 0) is 10.8 Å². The molecule has 0 bridgehead atoms. The SMILES string of the molecule is CC(C)(C)c1ccc2c(c1)c1cc(C(C)(C)C)ccc1n2-c1cc2c3c(c1)N(c1ccc(-c4ccccc4)cc1)c1c(cccc1-c1ccccc1)B3c1cc([Si](c3ccccc3)(c3ccccc3)c3ccccc3)ccc1N2c1ccc([Si](c2ccccc2)(c2ccccc2)c2ccccc2)cc1. The fourth-order valence-corrected chi connectivity index (χ4v) is 27.0. The van der Waals surface area contributed by atoms with Crippen molar-refractivity contribution in [1.29, 1.82) is 0 Å². The second-order valence-corrected chi connectivity index (χ2v) is 38.0. The highest BCUT2D eigenvalue weighted by molar-refractivity contribution is 7.20. The molecule has 104 heavy (non-hydrogen) atoms. The molecule has 0 aliphatic carbocycles. The van der Waals surface area contributed by atoms with Crippen LogP contribution in [-0.4, -0.2) is 27.4 Å². The van der Waals surface area contributed by atoms with Crippen molar-refractivity contribution in [2.45, 2.75) is 52.4 Å². The minimum absolute atomic E-state index is 0.0736. The summed E-state index contributed by atoms with van der Waals surface area (Å²) < 4.78 is 2.59. The summed E-state index contributed by atoms with van der Waals surface area (Å²) in [5.74, 6) is 0. The summed E-state index contributed by atoms with van der Waals surface area (Å²) in [7, 11) is -6.08. The summed E-state index contributed by atoms with van der Waals surface area (Å²) in [6, 6.07) is 144. The monoisotopic (exact) mass is 1370 g/mol. The highest BCUT2D eigenvalue weighted by atomic mass is 28.3. The smallest absolute Gasteiger partial charge is 0.252 e. The molecule has 2 aliphatic rings. The van der Waals surface area contributed by atoms with Gasteiger partial charge in [-0.25, -0.2) is 0 Å². The van der Waals surface area contributed by atoms with Crippen LogP contribution in [0.1, 0.15) is 52.7 Å². The number of para-hydroxylation sites is 1. The number of rotatable bonds is 13. The van der Waals surface area contributed by atoms with E-state index in [1.54, 1.807) is 0 Å². The number of hydrogen-bond acceptors (Lipinski definition) is 2. The summed E-state index contributed by atoms with van der Waals surface area (Å²) in [5.41, 5.74) is 21.2. The molecule has 0 radical (unpaired) electrons. The fourth-order valence-electron chi connectivity index (χ4n) is 17.5. The molecule has 0 N–H and O–H groups in total. The van der Waals surface area contributed by atoms with Crippen molar-refractivity contribution < 1.29 is 0 Å². The maximum absolute atomic E-state index is 3.13. The molecule has 0 saturated heterocycles. The van der Waals surface area contributed by atoms with Crippen molar-refractivity contribution in [1.82, 2.24) is 4.57 Å². The number of nitrogens with zero attached hydrogens (tertiary/aromatic N) is 3. The van der Waals surface area contributed by atoms with Crippen molar-refractivity contribution >= 4 is 137 Å². The third kappa shape index (κ3) is 10.5. The van der Waals surface area contributed by atoms with Gasteiger partial charge < -0.3 is 14.4 Å². The van der Waals surface area contributed by atoms with E-state index in [0.29, 0.717) is 0 Å². The summed E-state index contributed by atoms with van der Waals surface area (Å²) in [4.78, 5) is 5.29. The summed E-state index contributed by atoms with van der Waals surface area (Å²) >= 11 is 0. The summed E-state index contributed by atoms with van der Waals surface area (Å²) in [6.07, 6.45) is 0. The van der Waals surface area contributed by atoms with Gasteiger partial charge in [0.25, 0.3) is 6.71 Å². The normalized spacial score (nSPS) is 12.8. The standard InChI is InChI=1S/C98H80BN3Si2/c1-97(2,3)72-52-61-90-86(64-72)87-65-73(98(4,5)6)53-62-91(87)101(90)76-66-93-95-94(67-76)102(75-54-50-70(51-55-75)69-32-15-7-16-33-69)96-85(71-34-17-8-18-35-71)48-31-49-88(96)99(95)89-68-84(104(80-42-25-12-26-43-80,81-44-27-13-28-45-81)82-46-29-14-30-47-82)60-63-92(89)100(93)74-56-58-83(59-57-74)103(77-36-19-9-20-37-77,78-38-21-10-22-39-78)79-40-23-11-24-41-79/h7-68H,1-6H3. The average molecular weight is 1370 g/mol. The zero-order valence-electron chi connectivity index (χ0n) is 59.7. The van der Waals surface area contributed by atoms with Gasteiger partial charge >= 0.3 is 0 Å². The van der Waals surface area contributed by atoms with E-state index >= 15 is 0 Å². The lowest BCUT2D eigenvalue weighted by atomic mass is 9.33. The third-order valence-corrected chi connectivity index (χ3v) is 32.0. The number of benzene rings is 15. The van der Waals surface area contributed by atoms with Crippen molar-refractivity contribution in [2.75, 3.05) is 9.80 Å². The van der Waals surface area contributed by atoms with E-state index in [-0.39, 0.29) is 17.5 Å². The van der Waals surface area contributed by atoms with Gasteiger partial charge in [-0.05, 0) is 163 Å². The average Bonchev–Trinajstić information content (AvgIpc) is 0.804. The molecule has 498 valence electrons. The lowest BCUT2D eigenvalue weighted by Crippen LogP contribution is -2.75. The lowest BCUT2D eigenvalue weighted by molar-refractivity contribution is 0.590. The molecule has 0 fully saturated rings. The van der Waals surface area contributed by atoms with Crippen LogP contribution in [0.25, 0.3) is 49.7 Å². The minimum Gasteiger partial charge on any atom is -0.311 e. The van der Waals surface area contributed by atoms with Crippen LogP contribution in [0.15, 0.2) is 376 Å². The molecule has 18 rings (SSSR count). The molecule has 3 nitrogen and oxygen atoms in total. The number of fused-ring (bicyclic) bond motifs is 7. The second-order valence-electron chi connectivity index (χ2n) is 30.3. The molecule has 2 aliphatic heterocycles. The van der Waals surface area contributed by atoms with Gasteiger partial charge in [0.1, 0.15) is 0 Å². The maximum atomic E-state index is 2.68. The van der Waals surface area contributed by atoms with E-state index in [9.17, 15) is 0 Å². The third-order valence-electron chi connectivity index (χ3n) is 22.4. The first-order valence-electron chi connectivity index (χ1n) is 36.7.